The van der Waals surface area contributed by atoms with Gasteiger partial charge in [0.2, 0.25) is 0 Å². The molecule has 0 bridgehead atoms. The van der Waals surface area contributed by atoms with Crippen molar-refractivity contribution < 1.29 is 14.2 Å². The lowest BCUT2D eigenvalue weighted by atomic mass is 9.86. The molecule has 1 aliphatic carbocycles. The van der Waals surface area contributed by atoms with E-state index >= 15 is 0 Å². The number of nitrogens with zero attached hydrogens (tertiary/aromatic N) is 1. The zero-order valence-electron chi connectivity index (χ0n) is 13.4. The highest BCUT2D eigenvalue weighted by Gasteiger charge is 2.39. The number of rotatable bonds is 5. The number of aromatic nitrogens is 1. The van der Waals surface area contributed by atoms with Crippen LogP contribution in [0.3, 0.4) is 0 Å². The third kappa shape index (κ3) is 2.99. The second-order valence-corrected chi connectivity index (χ2v) is 7.84. The Hall–Kier alpha value is -1.34. The van der Waals surface area contributed by atoms with Gasteiger partial charge in [0.25, 0.3) is 0 Å². The van der Waals surface area contributed by atoms with E-state index in [9.17, 15) is 9.50 Å². The summed E-state index contributed by atoms with van der Waals surface area (Å²) >= 11 is 1.70. The van der Waals surface area contributed by atoms with Crippen molar-refractivity contribution in [2.24, 2.45) is 5.41 Å². The van der Waals surface area contributed by atoms with Gasteiger partial charge in [-0.25, -0.2) is 9.37 Å². The van der Waals surface area contributed by atoms with E-state index in [2.05, 4.69) is 5.32 Å². The largest absolute Gasteiger partial charge is 0.396 e. The Morgan fingerprint density at radius 1 is 1.33 bits per heavy atom. The number of benzene rings is 1. The smallest absolute Gasteiger partial charge is 0.123 e. The predicted octanol–water partition coefficient (Wildman–Crippen LogP) is 2.93. The van der Waals surface area contributed by atoms with Crippen LogP contribution in [0.1, 0.15) is 29.5 Å². The van der Waals surface area contributed by atoms with Gasteiger partial charge in [-0.3, -0.25) is 0 Å². The van der Waals surface area contributed by atoms with Gasteiger partial charge in [0.15, 0.2) is 0 Å². The van der Waals surface area contributed by atoms with Crippen molar-refractivity contribution in [2.75, 3.05) is 26.4 Å². The summed E-state index contributed by atoms with van der Waals surface area (Å²) in [7, 11) is 0. The maximum Gasteiger partial charge on any atom is 0.123 e. The molecule has 1 aliphatic heterocycles. The topological polar surface area (TPSA) is 54.4 Å². The van der Waals surface area contributed by atoms with Crippen LogP contribution in [0.25, 0.3) is 10.6 Å². The molecule has 0 radical (unpaired) electrons. The van der Waals surface area contributed by atoms with Crippen molar-refractivity contribution >= 4 is 11.3 Å². The summed E-state index contributed by atoms with van der Waals surface area (Å²) in [5.74, 6) is -0.225. The van der Waals surface area contributed by atoms with E-state index < -0.39 is 0 Å². The molecular formula is C18H21FN2O2S. The third-order valence-electron chi connectivity index (χ3n) is 4.92. The van der Waals surface area contributed by atoms with Gasteiger partial charge >= 0.3 is 0 Å². The fraction of sp³-hybridized carbons (Fsp3) is 0.500. The van der Waals surface area contributed by atoms with Gasteiger partial charge in [-0.05, 0) is 43.5 Å². The Morgan fingerprint density at radius 3 is 2.79 bits per heavy atom. The molecule has 2 aromatic rings. The average Bonchev–Trinajstić information content (AvgIpc) is 3.00. The SMILES string of the molecule is OCC1(CNC2CCCc3nc(-c4ccc(F)cc4)sc32)COC1. The number of thiazole rings is 1. The highest BCUT2D eigenvalue weighted by molar-refractivity contribution is 7.15. The lowest BCUT2D eigenvalue weighted by molar-refractivity contribution is -0.135. The Kier molecular flexibility index (Phi) is 4.39. The molecule has 1 aromatic carbocycles. The van der Waals surface area contributed by atoms with Crippen LogP contribution in [0.5, 0.6) is 0 Å². The molecule has 1 unspecified atom stereocenters. The number of halogens is 1. The first-order valence-electron chi connectivity index (χ1n) is 8.37. The Morgan fingerprint density at radius 2 is 2.12 bits per heavy atom. The van der Waals surface area contributed by atoms with E-state index in [0.29, 0.717) is 13.2 Å². The van der Waals surface area contributed by atoms with Crippen molar-refractivity contribution in [3.8, 4) is 10.6 Å². The molecule has 1 atom stereocenters. The first kappa shape index (κ1) is 16.1. The summed E-state index contributed by atoms with van der Waals surface area (Å²) in [6.45, 7) is 2.17. The van der Waals surface area contributed by atoms with Gasteiger partial charge < -0.3 is 15.2 Å². The molecule has 1 aromatic heterocycles. The molecule has 4 nitrogen and oxygen atoms in total. The van der Waals surface area contributed by atoms with Crippen LogP contribution in [0.4, 0.5) is 4.39 Å². The number of aliphatic hydroxyl groups excluding tert-OH is 1. The molecule has 2 N–H and O–H groups in total. The zero-order valence-corrected chi connectivity index (χ0v) is 14.2. The monoisotopic (exact) mass is 348 g/mol. The van der Waals surface area contributed by atoms with E-state index in [0.717, 1.165) is 42.1 Å². The highest BCUT2D eigenvalue weighted by Crippen LogP contribution is 2.38. The number of nitrogens with one attached hydrogen (secondary N) is 1. The number of aryl methyl sites for hydroxylation is 1. The standard InChI is InChI=1S/C18H21FN2O2S/c19-13-6-4-12(5-7-13)17-21-15-3-1-2-14(16(15)24-17)20-8-18(9-22)10-23-11-18/h4-7,14,20,22H,1-3,8-11H2. The van der Waals surface area contributed by atoms with Crippen LogP contribution in [0, 0.1) is 11.2 Å². The van der Waals surface area contributed by atoms with Crippen LogP contribution in [-0.2, 0) is 11.2 Å². The number of ether oxygens (including phenoxy) is 1. The molecule has 0 spiro atoms. The minimum Gasteiger partial charge on any atom is -0.396 e. The summed E-state index contributed by atoms with van der Waals surface area (Å²) in [4.78, 5) is 6.07. The molecule has 1 fully saturated rings. The number of hydrogen-bond acceptors (Lipinski definition) is 5. The van der Waals surface area contributed by atoms with E-state index in [1.807, 2.05) is 0 Å². The number of aliphatic hydroxyl groups is 1. The minimum atomic E-state index is -0.225. The average molecular weight is 348 g/mol. The van der Waals surface area contributed by atoms with Crippen molar-refractivity contribution in [1.82, 2.24) is 10.3 Å². The Balaban J connectivity index is 1.53. The van der Waals surface area contributed by atoms with Crippen LogP contribution in [0.15, 0.2) is 24.3 Å². The van der Waals surface area contributed by atoms with Crippen LogP contribution in [-0.4, -0.2) is 36.5 Å². The first-order valence-corrected chi connectivity index (χ1v) is 9.18. The maximum absolute atomic E-state index is 13.1. The molecule has 2 heterocycles. The summed E-state index contributed by atoms with van der Waals surface area (Å²) in [5.41, 5.74) is 2.00. The molecule has 0 saturated carbocycles. The van der Waals surface area contributed by atoms with Crippen LogP contribution in [0.2, 0.25) is 0 Å². The van der Waals surface area contributed by atoms with Crippen LogP contribution >= 0.6 is 11.3 Å². The molecule has 24 heavy (non-hydrogen) atoms. The first-order chi connectivity index (χ1) is 11.7. The van der Waals surface area contributed by atoms with Gasteiger partial charge in [-0.2, -0.15) is 0 Å². The Labute approximate surface area is 144 Å². The zero-order chi connectivity index (χ0) is 16.6. The van der Waals surface area contributed by atoms with Crippen molar-refractivity contribution in [3.05, 3.63) is 40.7 Å². The summed E-state index contributed by atoms with van der Waals surface area (Å²) in [6, 6.07) is 6.81. The quantitative estimate of drug-likeness (QED) is 0.872. The third-order valence-corrected chi connectivity index (χ3v) is 6.18. The van der Waals surface area contributed by atoms with Gasteiger partial charge in [-0.1, -0.05) is 0 Å². The van der Waals surface area contributed by atoms with Crippen LogP contribution < -0.4 is 5.32 Å². The van der Waals surface area contributed by atoms with E-state index in [-0.39, 0.29) is 23.9 Å². The summed E-state index contributed by atoms with van der Waals surface area (Å²) in [5, 5.41) is 14.1. The van der Waals surface area contributed by atoms with Crippen molar-refractivity contribution in [1.29, 1.82) is 0 Å². The van der Waals surface area contributed by atoms with Gasteiger partial charge in [0.1, 0.15) is 10.8 Å². The maximum atomic E-state index is 13.1. The molecular weight excluding hydrogens is 327 g/mol. The molecule has 4 rings (SSSR count). The van der Waals surface area contributed by atoms with E-state index in [4.69, 9.17) is 9.72 Å². The van der Waals surface area contributed by atoms with Gasteiger partial charge in [0, 0.05) is 23.0 Å². The Bertz CT molecular complexity index is 707. The van der Waals surface area contributed by atoms with E-state index in [1.54, 1.807) is 23.5 Å². The van der Waals surface area contributed by atoms with Gasteiger partial charge in [-0.15, -0.1) is 11.3 Å². The lowest BCUT2D eigenvalue weighted by Gasteiger charge is -2.41. The summed E-state index contributed by atoms with van der Waals surface area (Å²) < 4.78 is 18.4. The van der Waals surface area contributed by atoms with E-state index in [1.165, 1.54) is 17.0 Å². The fourth-order valence-electron chi connectivity index (χ4n) is 3.31. The minimum absolute atomic E-state index is 0.123. The molecule has 6 heteroatoms. The van der Waals surface area contributed by atoms with Crippen molar-refractivity contribution in [3.63, 3.8) is 0 Å². The molecule has 2 aliphatic rings. The lowest BCUT2D eigenvalue weighted by Crippen LogP contribution is -2.52. The molecule has 128 valence electrons. The predicted molar refractivity (Wildman–Crippen MR) is 91.5 cm³/mol. The fourth-order valence-corrected chi connectivity index (χ4v) is 4.54. The van der Waals surface area contributed by atoms with Gasteiger partial charge in [0.05, 0.1) is 30.9 Å². The second kappa shape index (κ2) is 6.52. The number of hydrogen-bond donors (Lipinski definition) is 2. The molecule has 1 saturated heterocycles. The van der Waals surface area contributed by atoms with Crippen molar-refractivity contribution in [2.45, 2.75) is 25.3 Å². The normalized spacial score (nSPS) is 22.0. The molecule has 0 amide bonds. The number of fused-ring (bicyclic) bond motifs is 1. The second-order valence-electron chi connectivity index (χ2n) is 6.81. The summed E-state index contributed by atoms with van der Waals surface area (Å²) in [6.07, 6.45) is 3.19. The highest BCUT2D eigenvalue weighted by atomic mass is 32.1.